The maximum Gasteiger partial charge on any atom is 0.338 e. The molecule has 5 heteroatoms. The van der Waals surface area contributed by atoms with Gasteiger partial charge in [-0.25, -0.2) is 9.18 Å². The number of rotatable bonds is 5. The maximum absolute atomic E-state index is 12.7. The summed E-state index contributed by atoms with van der Waals surface area (Å²) in [5.74, 6) is -1.29. The van der Waals surface area contributed by atoms with Gasteiger partial charge in [-0.05, 0) is 36.8 Å². The Morgan fingerprint density at radius 1 is 1.05 bits per heavy atom. The monoisotopic (exact) mass is 301 g/mol. The Morgan fingerprint density at radius 3 is 2.32 bits per heavy atom. The number of benzene rings is 2. The first-order valence-electron chi connectivity index (χ1n) is 6.79. The standard InChI is InChI=1S/C17H16FNO3/c1-12-2-6-14(7-3-12)17(21)22-11-16(20)19-10-13-4-8-15(18)9-5-13/h2-9H,10-11H2,1H3,(H,19,20). The number of esters is 1. The summed E-state index contributed by atoms with van der Waals surface area (Å²) in [4.78, 5) is 23.3. The largest absolute Gasteiger partial charge is 0.452 e. The number of carbonyl (C=O) groups is 2. The minimum Gasteiger partial charge on any atom is -0.452 e. The number of ether oxygens (including phenoxy) is 1. The minimum atomic E-state index is -0.545. The highest BCUT2D eigenvalue weighted by molar-refractivity contribution is 5.91. The quantitative estimate of drug-likeness (QED) is 0.864. The van der Waals surface area contributed by atoms with E-state index < -0.39 is 11.9 Å². The molecule has 114 valence electrons. The number of hydrogen-bond acceptors (Lipinski definition) is 3. The van der Waals surface area contributed by atoms with Crippen molar-refractivity contribution in [2.75, 3.05) is 6.61 Å². The molecule has 2 aromatic carbocycles. The number of carbonyl (C=O) groups excluding carboxylic acids is 2. The Kier molecular flexibility index (Phi) is 5.25. The van der Waals surface area contributed by atoms with Gasteiger partial charge in [0.1, 0.15) is 5.82 Å². The number of aryl methyl sites for hydroxylation is 1. The maximum atomic E-state index is 12.7. The highest BCUT2D eigenvalue weighted by Crippen LogP contribution is 2.05. The summed E-state index contributed by atoms with van der Waals surface area (Å²) in [5.41, 5.74) is 2.20. The van der Waals surface area contributed by atoms with Gasteiger partial charge in [0.25, 0.3) is 5.91 Å². The molecule has 4 nitrogen and oxygen atoms in total. The Morgan fingerprint density at radius 2 is 1.68 bits per heavy atom. The molecule has 0 heterocycles. The average molecular weight is 301 g/mol. The van der Waals surface area contributed by atoms with Crippen LogP contribution in [0.4, 0.5) is 4.39 Å². The van der Waals surface area contributed by atoms with Crippen molar-refractivity contribution in [3.05, 3.63) is 71.0 Å². The molecular formula is C17H16FNO3. The lowest BCUT2D eigenvalue weighted by atomic mass is 10.1. The summed E-state index contributed by atoms with van der Waals surface area (Å²) >= 11 is 0. The third-order valence-corrected chi connectivity index (χ3v) is 3.02. The zero-order valence-corrected chi connectivity index (χ0v) is 12.1. The van der Waals surface area contributed by atoms with E-state index in [9.17, 15) is 14.0 Å². The normalized spacial score (nSPS) is 10.1. The molecule has 0 aliphatic heterocycles. The van der Waals surface area contributed by atoms with Crippen molar-refractivity contribution in [3.8, 4) is 0 Å². The minimum absolute atomic E-state index is 0.251. The fraction of sp³-hybridized carbons (Fsp3) is 0.176. The smallest absolute Gasteiger partial charge is 0.338 e. The van der Waals surface area contributed by atoms with Crippen LogP contribution in [0.15, 0.2) is 48.5 Å². The first-order chi connectivity index (χ1) is 10.5. The van der Waals surface area contributed by atoms with Gasteiger partial charge in [-0.2, -0.15) is 0 Å². The van der Waals surface area contributed by atoms with Crippen molar-refractivity contribution in [2.24, 2.45) is 0 Å². The van der Waals surface area contributed by atoms with Crippen molar-refractivity contribution >= 4 is 11.9 Å². The Labute approximate surface area is 127 Å². The van der Waals surface area contributed by atoms with E-state index in [1.807, 2.05) is 6.92 Å². The molecule has 0 radical (unpaired) electrons. The number of hydrogen-bond donors (Lipinski definition) is 1. The van der Waals surface area contributed by atoms with Gasteiger partial charge in [0.2, 0.25) is 0 Å². The zero-order chi connectivity index (χ0) is 15.9. The molecule has 0 saturated heterocycles. The van der Waals surface area contributed by atoms with Crippen LogP contribution < -0.4 is 5.32 Å². The molecule has 0 aliphatic rings. The SMILES string of the molecule is Cc1ccc(C(=O)OCC(=O)NCc2ccc(F)cc2)cc1. The second-order valence-electron chi connectivity index (χ2n) is 4.85. The molecule has 0 saturated carbocycles. The first-order valence-corrected chi connectivity index (χ1v) is 6.79. The van der Waals surface area contributed by atoms with E-state index in [2.05, 4.69) is 5.32 Å². The molecule has 0 spiro atoms. The van der Waals surface area contributed by atoms with E-state index in [1.165, 1.54) is 12.1 Å². The fourth-order valence-corrected chi connectivity index (χ4v) is 1.76. The van der Waals surface area contributed by atoms with Crippen LogP contribution in [-0.4, -0.2) is 18.5 Å². The molecule has 0 atom stereocenters. The molecule has 0 fully saturated rings. The summed E-state index contributed by atoms with van der Waals surface area (Å²) in [6.07, 6.45) is 0. The van der Waals surface area contributed by atoms with Crippen LogP contribution in [-0.2, 0) is 16.1 Å². The predicted octanol–water partition coefficient (Wildman–Crippen LogP) is 2.61. The summed E-state index contributed by atoms with van der Waals surface area (Å²) in [7, 11) is 0. The molecule has 1 N–H and O–H groups in total. The first kappa shape index (κ1) is 15.7. The second-order valence-corrected chi connectivity index (χ2v) is 4.85. The molecule has 2 aromatic rings. The van der Waals surface area contributed by atoms with Crippen LogP contribution in [0.5, 0.6) is 0 Å². The Hall–Kier alpha value is -2.69. The van der Waals surface area contributed by atoms with Gasteiger partial charge in [-0.1, -0.05) is 29.8 Å². The van der Waals surface area contributed by atoms with E-state index in [0.717, 1.165) is 11.1 Å². The molecule has 0 aliphatic carbocycles. The van der Waals surface area contributed by atoms with Crippen molar-refractivity contribution in [3.63, 3.8) is 0 Å². The highest BCUT2D eigenvalue weighted by Gasteiger charge is 2.09. The number of amides is 1. The van der Waals surface area contributed by atoms with Crippen LogP contribution in [0.25, 0.3) is 0 Å². The molecule has 1 amide bonds. The van der Waals surface area contributed by atoms with Gasteiger partial charge in [0.15, 0.2) is 6.61 Å². The predicted molar refractivity (Wildman–Crippen MR) is 79.7 cm³/mol. The lowest BCUT2D eigenvalue weighted by Crippen LogP contribution is -2.28. The van der Waals surface area contributed by atoms with Crippen LogP contribution in [0.2, 0.25) is 0 Å². The molecule has 0 bridgehead atoms. The van der Waals surface area contributed by atoms with Crippen LogP contribution in [0, 0.1) is 12.7 Å². The van der Waals surface area contributed by atoms with Gasteiger partial charge in [0, 0.05) is 6.54 Å². The molecule has 22 heavy (non-hydrogen) atoms. The van der Waals surface area contributed by atoms with Crippen molar-refractivity contribution in [1.82, 2.24) is 5.32 Å². The summed E-state index contributed by atoms with van der Waals surface area (Å²) in [6, 6.07) is 12.7. The molecule has 2 rings (SSSR count). The van der Waals surface area contributed by atoms with E-state index in [1.54, 1.807) is 36.4 Å². The lowest BCUT2D eigenvalue weighted by Gasteiger charge is -2.07. The number of nitrogens with one attached hydrogen (secondary N) is 1. The fourth-order valence-electron chi connectivity index (χ4n) is 1.76. The Balaban J connectivity index is 1.76. The van der Waals surface area contributed by atoms with Crippen LogP contribution in [0.3, 0.4) is 0 Å². The third kappa shape index (κ3) is 4.70. The van der Waals surface area contributed by atoms with Crippen molar-refractivity contribution in [2.45, 2.75) is 13.5 Å². The lowest BCUT2D eigenvalue weighted by molar-refractivity contribution is -0.124. The van der Waals surface area contributed by atoms with E-state index in [0.29, 0.717) is 5.56 Å². The molecule has 0 unspecified atom stereocenters. The summed E-state index contributed by atoms with van der Waals surface area (Å²) in [5, 5.41) is 2.60. The highest BCUT2D eigenvalue weighted by atomic mass is 19.1. The summed E-state index contributed by atoms with van der Waals surface area (Å²) < 4.78 is 17.7. The van der Waals surface area contributed by atoms with Gasteiger partial charge in [-0.15, -0.1) is 0 Å². The van der Waals surface area contributed by atoms with Gasteiger partial charge < -0.3 is 10.1 Å². The topological polar surface area (TPSA) is 55.4 Å². The van der Waals surface area contributed by atoms with Crippen LogP contribution >= 0.6 is 0 Å². The van der Waals surface area contributed by atoms with E-state index in [4.69, 9.17) is 4.74 Å². The Bertz CT molecular complexity index is 651. The van der Waals surface area contributed by atoms with Crippen molar-refractivity contribution in [1.29, 1.82) is 0 Å². The van der Waals surface area contributed by atoms with Gasteiger partial charge >= 0.3 is 5.97 Å². The van der Waals surface area contributed by atoms with E-state index in [-0.39, 0.29) is 19.0 Å². The van der Waals surface area contributed by atoms with Crippen molar-refractivity contribution < 1.29 is 18.7 Å². The van der Waals surface area contributed by atoms with Gasteiger partial charge in [0.05, 0.1) is 5.56 Å². The van der Waals surface area contributed by atoms with Crippen LogP contribution in [0.1, 0.15) is 21.5 Å². The second kappa shape index (κ2) is 7.36. The third-order valence-electron chi connectivity index (χ3n) is 3.02. The molecule has 0 aromatic heterocycles. The molecular weight excluding hydrogens is 285 g/mol. The van der Waals surface area contributed by atoms with E-state index >= 15 is 0 Å². The zero-order valence-electron chi connectivity index (χ0n) is 12.1. The number of halogens is 1. The average Bonchev–Trinajstić information content (AvgIpc) is 2.52. The van der Waals surface area contributed by atoms with Gasteiger partial charge in [-0.3, -0.25) is 4.79 Å². The summed E-state index contributed by atoms with van der Waals surface area (Å²) in [6.45, 7) is 1.81.